The Bertz CT molecular complexity index is 704. The van der Waals surface area contributed by atoms with Crippen LogP contribution >= 0.6 is 15.9 Å². The Hall–Kier alpha value is -1.70. The fourth-order valence-electron chi connectivity index (χ4n) is 3.43. The minimum Gasteiger partial charge on any atom is -0.465 e. The summed E-state index contributed by atoms with van der Waals surface area (Å²) in [7, 11) is 0. The smallest absolute Gasteiger partial charge is 0.408 e. The number of benzene rings is 1. The monoisotopic (exact) mass is 446 g/mol. The van der Waals surface area contributed by atoms with E-state index in [1.54, 1.807) is 52.0 Å². The Labute approximate surface area is 166 Å². The van der Waals surface area contributed by atoms with Crippen LogP contribution in [-0.2, 0) is 4.79 Å². The van der Waals surface area contributed by atoms with E-state index in [2.05, 4.69) is 15.9 Å². The van der Waals surface area contributed by atoms with Gasteiger partial charge in [0.15, 0.2) is 0 Å². The largest absolute Gasteiger partial charge is 0.465 e. The molecule has 0 unspecified atom stereocenters. The maximum absolute atomic E-state index is 13.7. The zero-order valence-corrected chi connectivity index (χ0v) is 17.5. The summed E-state index contributed by atoms with van der Waals surface area (Å²) in [6.45, 7) is 6.07. The second kappa shape index (κ2) is 7.73. The first-order chi connectivity index (χ1) is 12.3. The van der Waals surface area contributed by atoms with Crippen LogP contribution in [0.2, 0.25) is 0 Å². The van der Waals surface area contributed by atoms with Crippen LogP contribution in [0.4, 0.5) is 13.6 Å². The molecule has 0 saturated carbocycles. The van der Waals surface area contributed by atoms with Crippen LogP contribution < -0.4 is 0 Å². The number of halogens is 3. The van der Waals surface area contributed by atoms with Gasteiger partial charge >= 0.3 is 6.09 Å². The number of amides is 2. The van der Waals surface area contributed by atoms with Crippen LogP contribution in [-0.4, -0.2) is 57.5 Å². The Balaban J connectivity index is 2.45. The molecule has 5 nitrogen and oxygen atoms in total. The van der Waals surface area contributed by atoms with Gasteiger partial charge in [-0.05, 0) is 38.5 Å². The third-order valence-corrected chi connectivity index (χ3v) is 5.34. The fraction of sp³-hybridized carbons (Fsp3) is 0.579. The summed E-state index contributed by atoms with van der Waals surface area (Å²) >= 11 is 3.35. The quantitative estimate of drug-likeness (QED) is 0.736. The Morgan fingerprint density at radius 1 is 1.26 bits per heavy atom. The lowest BCUT2D eigenvalue weighted by Crippen LogP contribution is -2.59. The number of nitrogens with zero attached hydrogens (tertiary/aromatic N) is 2. The normalized spacial score (nSPS) is 18.9. The first kappa shape index (κ1) is 21.6. The van der Waals surface area contributed by atoms with E-state index in [0.29, 0.717) is 0 Å². The van der Waals surface area contributed by atoms with Gasteiger partial charge in [0.1, 0.15) is 6.04 Å². The van der Waals surface area contributed by atoms with Gasteiger partial charge in [0.2, 0.25) is 5.91 Å². The molecule has 8 heteroatoms. The lowest BCUT2D eigenvalue weighted by atomic mass is 9.88. The fourth-order valence-corrected chi connectivity index (χ4v) is 3.70. The summed E-state index contributed by atoms with van der Waals surface area (Å²) in [6, 6.07) is 6.11. The van der Waals surface area contributed by atoms with E-state index in [1.807, 2.05) is 0 Å². The molecular formula is C19H25BrF2N2O3. The van der Waals surface area contributed by atoms with Gasteiger partial charge in [-0.1, -0.05) is 35.0 Å². The van der Waals surface area contributed by atoms with Crippen LogP contribution in [0.5, 0.6) is 0 Å². The minimum atomic E-state index is -2.93. The van der Waals surface area contributed by atoms with Gasteiger partial charge in [0.05, 0.1) is 6.54 Å². The minimum absolute atomic E-state index is 0.0764. The number of carbonyl (C=O) groups is 2. The van der Waals surface area contributed by atoms with Crippen molar-refractivity contribution >= 4 is 27.9 Å². The molecule has 1 fully saturated rings. The van der Waals surface area contributed by atoms with Gasteiger partial charge in [-0.2, -0.15) is 0 Å². The van der Waals surface area contributed by atoms with Crippen molar-refractivity contribution in [2.24, 2.45) is 0 Å². The molecule has 2 amide bonds. The average Bonchev–Trinajstić information content (AvgIpc) is 2.90. The third kappa shape index (κ3) is 4.97. The van der Waals surface area contributed by atoms with Crippen molar-refractivity contribution in [2.45, 2.75) is 57.5 Å². The number of hydrogen-bond acceptors (Lipinski definition) is 2. The molecule has 1 N–H and O–H groups in total. The Morgan fingerprint density at radius 2 is 1.81 bits per heavy atom. The zero-order chi connectivity index (χ0) is 20.6. The number of rotatable bonds is 4. The molecule has 0 spiro atoms. The van der Waals surface area contributed by atoms with Crippen LogP contribution in [0.15, 0.2) is 28.7 Å². The van der Waals surface area contributed by atoms with Crippen molar-refractivity contribution in [1.29, 1.82) is 0 Å². The molecule has 1 aliphatic heterocycles. The predicted molar refractivity (Wildman–Crippen MR) is 102 cm³/mol. The van der Waals surface area contributed by atoms with Crippen molar-refractivity contribution in [2.75, 3.05) is 13.1 Å². The Morgan fingerprint density at radius 3 is 2.22 bits per heavy atom. The molecule has 0 bridgehead atoms. The topological polar surface area (TPSA) is 60.9 Å². The van der Waals surface area contributed by atoms with Gasteiger partial charge in [-0.15, -0.1) is 0 Å². The average molecular weight is 447 g/mol. The lowest BCUT2D eigenvalue weighted by molar-refractivity contribution is -0.139. The van der Waals surface area contributed by atoms with E-state index >= 15 is 0 Å². The molecular weight excluding hydrogens is 422 g/mol. The van der Waals surface area contributed by atoms with Crippen molar-refractivity contribution in [3.8, 4) is 0 Å². The van der Waals surface area contributed by atoms with E-state index in [0.717, 1.165) is 19.8 Å². The van der Waals surface area contributed by atoms with Crippen molar-refractivity contribution in [3.63, 3.8) is 0 Å². The molecule has 1 aromatic carbocycles. The third-order valence-electron chi connectivity index (χ3n) is 4.81. The number of carbonyl (C=O) groups excluding carboxylic acids is 1. The second-order valence-corrected chi connectivity index (χ2v) is 8.89. The SMILES string of the molecule is C[C@@H](c1ccc(Br)cc1)[C@@H](C(=O)N1CCC(F)(F)C1)N(C(=O)O)C(C)(C)C. The molecule has 0 aliphatic carbocycles. The standard InChI is InChI=1S/C19H25BrF2N2O3/c1-12(13-5-7-14(20)8-6-13)15(24(17(26)27)18(2,3)4)16(25)23-10-9-19(21,22)11-23/h5-8,12,15H,9-11H2,1-4H3,(H,26,27)/t12-,15-/m0/s1. The summed E-state index contributed by atoms with van der Waals surface area (Å²) in [5, 5.41) is 9.81. The molecule has 1 aliphatic rings. The molecule has 1 saturated heterocycles. The number of hydrogen-bond donors (Lipinski definition) is 1. The number of likely N-dealkylation sites (tertiary alicyclic amines) is 1. The van der Waals surface area contributed by atoms with Crippen LogP contribution in [0.3, 0.4) is 0 Å². The van der Waals surface area contributed by atoms with Crippen LogP contribution in [0.25, 0.3) is 0 Å². The number of alkyl halides is 2. The number of carboxylic acid groups (broad SMARTS) is 1. The maximum Gasteiger partial charge on any atom is 0.408 e. The van der Waals surface area contributed by atoms with E-state index < -0.39 is 48.4 Å². The molecule has 1 aromatic rings. The summed E-state index contributed by atoms with van der Waals surface area (Å²) in [4.78, 5) is 27.4. The van der Waals surface area contributed by atoms with E-state index in [1.165, 1.54) is 0 Å². The van der Waals surface area contributed by atoms with Crippen LogP contribution in [0.1, 0.15) is 45.6 Å². The molecule has 1 heterocycles. The van der Waals surface area contributed by atoms with Gasteiger partial charge < -0.3 is 10.0 Å². The zero-order valence-electron chi connectivity index (χ0n) is 15.9. The van der Waals surface area contributed by atoms with Gasteiger partial charge in [-0.3, -0.25) is 9.69 Å². The highest BCUT2D eigenvalue weighted by molar-refractivity contribution is 9.10. The first-order valence-electron chi connectivity index (χ1n) is 8.78. The summed E-state index contributed by atoms with van der Waals surface area (Å²) in [5.74, 6) is -4.02. The first-order valence-corrected chi connectivity index (χ1v) is 9.57. The van der Waals surface area contributed by atoms with E-state index in [-0.39, 0.29) is 6.54 Å². The summed E-state index contributed by atoms with van der Waals surface area (Å²) in [6.07, 6.45) is -1.66. The van der Waals surface area contributed by atoms with Crippen LogP contribution in [0, 0.1) is 0 Å². The highest BCUT2D eigenvalue weighted by Gasteiger charge is 2.47. The highest BCUT2D eigenvalue weighted by atomic mass is 79.9. The van der Waals surface area contributed by atoms with Crippen molar-refractivity contribution < 1.29 is 23.5 Å². The molecule has 2 atom stereocenters. The van der Waals surface area contributed by atoms with E-state index in [4.69, 9.17) is 0 Å². The lowest BCUT2D eigenvalue weighted by Gasteiger charge is -2.42. The van der Waals surface area contributed by atoms with E-state index in [9.17, 15) is 23.5 Å². The van der Waals surface area contributed by atoms with Crippen molar-refractivity contribution in [1.82, 2.24) is 9.80 Å². The van der Waals surface area contributed by atoms with Crippen molar-refractivity contribution in [3.05, 3.63) is 34.3 Å². The molecule has 150 valence electrons. The molecule has 0 radical (unpaired) electrons. The maximum atomic E-state index is 13.7. The van der Waals surface area contributed by atoms with Gasteiger partial charge in [0, 0.05) is 28.9 Å². The molecule has 27 heavy (non-hydrogen) atoms. The molecule has 0 aromatic heterocycles. The molecule has 2 rings (SSSR count). The summed E-state index contributed by atoms with van der Waals surface area (Å²) < 4.78 is 28.2. The van der Waals surface area contributed by atoms with Gasteiger partial charge in [-0.25, -0.2) is 13.6 Å². The Kier molecular flexibility index (Phi) is 6.19. The highest BCUT2D eigenvalue weighted by Crippen LogP contribution is 2.34. The summed E-state index contributed by atoms with van der Waals surface area (Å²) in [5.41, 5.74) is -0.115. The second-order valence-electron chi connectivity index (χ2n) is 7.97. The predicted octanol–water partition coefficient (Wildman–Crippen LogP) is 4.57. The van der Waals surface area contributed by atoms with Gasteiger partial charge in [0.25, 0.3) is 5.92 Å².